The Morgan fingerprint density at radius 2 is 2.00 bits per heavy atom. The Bertz CT molecular complexity index is 877. The number of hydrazone groups is 1. The van der Waals surface area contributed by atoms with Crippen LogP contribution in [-0.2, 0) is 11.2 Å². The molecule has 2 aromatic heterocycles. The molecule has 0 bridgehead atoms. The van der Waals surface area contributed by atoms with Gasteiger partial charge in [0.05, 0.1) is 11.3 Å². The Morgan fingerprint density at radius 1 is 1.22 bits per heavy atom. The van der Waals surface area contributed by atoms with Crippen LogP contribution >= 0.6 is 0 Å². The van der Waals surface area contributed by atoms with E-state index < -0.39 is 0 Å². The molecule has 0 saturated carbocycles. The fraction of sp³-hybridized carbons (Fsp3) is 0.400. The molecule has 2 aromatic rings. The molecule has 0 aromatic carbocycles. The molecule has 1 aliphatic rings. The first-order valence-electron chi connectivity index (χ1n) is 9.32. The van der Waals surface area contributed by atoms with E-state index in [0.717, 1.165) is 37.4 Å². The lowest BCUT2D eigenvalue weighted by atomic mass is 10.0. The second kappa shape index (κ2) is 8.26. The van der Waals surface area contributed by atoms with Crippen molar-refractivity contribution in [3.63, 3.8) is 0 Å². The lowest BCUT2D eigenvalue weighted by Gasteiger charge is -2.17. The zero-order chi connectivity index (χ0) is 19.4. The van der Waals surface area contributed by atoms with E-state index in [4.69, 9.17) is 0 Å². The summed E-state index contributed by atoms with van der Waals surface area (Å²) in [7, 11) is 0. The van der Waals surface area contributed by atoms with Gasteiger partial charge in [-0.25, -0.2) is 15.4 Å². The monoisotopic (exact) mass is 366 g/mol. The van der Waals surface area contributed by atoms with E-state index in [1.54, 1.807) is 12.3 Å². The second-order valence-electron chi connectivity index (χ2n) is 6.60. The van der Waals surface area contributed by atoms with Gasteiger partial charge in [0, 0.05) is 24.1 Å². The SMILES string of the molecule is CCN(CC)CCc1c(C)[nH]c(C=C2C(=O)NN=C2c2ccncn2)c1C. The molecule has 7 nitrogen and oxygen atoms in total. The number of amides is 1. The van der Waals surface area contributed by atoms with Crippen molar-refractivity contribution in [2.75, 3.05) is 19.6 Å². The summed E-state index contributed by atoms with van der Waals surface area (Å²) in [4.78, 5) is 26.3. The lowest BCUT2D eigenvalue weighted by Crippen LogP contribution is -2.25. The van der Waals surface area contributed by atoms with Crippen LogP contribution in [0.25, 0.3) is 6.08 Å². The van der Waals surface area contributed by atoms with Gasteiger partial charge in [0.2, 0.25) is 0 Å². The number of hydrogen-bond acceptors (Lipinski definition) is 5. The van der Waals surface area contributed by atoms with Gasteiger partial charge in [0.25, 0.3) is 5.91 Å². The van der Waals surface area contributed by atoms with Crippen LogP contribution in [0.2, 0.25) is 0 Å². The minimum atomic E-state index is -0.222. The smallest absolute Gasteiger partial charge is 0.273 e. The summed E-state index contributed by atoms with van der Waals surface area (Å²) in [5.41, 5.74) is 8.78. The quantitative estimate of drug-likeness (QED) is 0.736. The summed E-state index contributed by atoms with van der Waals surface area (Å²) >= 11 is 0. The standard InChI is InChI=1S/C20H26N6O/c1-5-26(6-2)10-8-15-13(3)18(23-14(15)4)11-16-19(24-25-20(16)27)17-7-9-21-12-22-17/h7,9,11-12,23H,5-6,8,10H2,1-4H3,(H,25,27). The highest BCUT2D eigenvalue weighted by atomic mass is 16.2. The Balaban J connectivity index is 1.89. The van der Waals surface area contributed by atoms with Crippen LogP contribution in [-0.4, -0.2) is 51.1 Å². The Hall–Kier alpha value is -2.80. The molecule has 0 spiro atoms. The van der Waals surface area contributed by atoms with Gasteiger partial charge in [0.1, 0.15) is 12.0 Å². The summed E-state index contributed by atoms with van der Waals surface area (Å²) in [6.45, 7) is 11.7. The maximum atomic E-state index is 12.3. The van der Waals surface area contributed by atoms with E-state index in [2.05, 4.69) is 58.1 Å². The minimum Gasteiger partial charge on any atom is -0.359 e. The lowest BCUT2D eigenvalue weighted by molar-refractivity contribution is -0.116. The molecule has 0 fully saturated rings. The molecular formula is C20H26N6O. The number of aryl methyl sites for hydroxylation is 1. The molecule has 3 heterocycles. The van der Waals surface area contributed by atoms with Crippen LogP contribution in [0, 0.1) is 13.8 Å². The summed E-state index contributed by atoms with van der Waals surface area (Å²) in [5, 5.41) is 4.14. The van der Waals surface area contributed by atoms with Crippen molar-refractivity contribution in [1.29, 1.82) is 0 Å². The minimum absolute atomic E-state index is 0.222. The van der Waals surface area contributed by atoms with Crippen molar-refractivity contribution in [2.24, 2.45) is 5.10 Å². The number of aromatic amines is 1. The third kappa shape index (κ3) is 3.98. The predicted octanol–water partition coefficient (Wildman–Crippen LogP) is 2.22. The first kappa shape index (κ1) is 19.0. The molecule has 142 valence electrons. The summed E-state index contributed by atoms with van der Waals surface area (Å²) in [6, 6.07) is 1.75. The third-order valence-corrected chi connectivity index (χ3v) is 5.09. The van der Waals surface area contributed by atoms with Crippen LogP contribution in [0.4, 0.5) is 0 Å². The Kier molecular flexibility index (Phi) is 5.81. The van der Waals surface area contributed by atoms with Crippen LogP contribution in [0.5, 0.6) is 0 Å². The molecule has 1 amide bonds. The third-order valence-electron chi connectivity index (χ3n) is 5.09. The molecule has 0 atom stereocenters. The number of nitrogens with zero attached hydrogens (tertiary/aromatic N) is 4. The summed E-state index contributed by atoms with van der Waals surface area (Å²) in [6.07, 6.45) is 5.94. The number of H-pyrrole nitrogens is 1. The van der Waals surface area contributed by atoms with Gasteiger partial charge in [0.15, 0.2) is 0 Å². The van der Waals surface area contributed by atoms with Gasteiger partial charge >= 0.3 is 0 Å². The van der Waals surface area contributed by atoms with Crippen molar-refractivity contribution in [1.82, 2.24) is 25.3 Å². The van der Waals surface area contributed by atoms with Gasteiger partial charge in [-0.1, -0.05) is 13.8 Å². The van der Waals surface area contributed by atoms with Crippen LogP contribution in [0.1, 0.15) is 42.1 Å². The summed E-state index contributed by atoms with van der Waals surface area (Å²) in [5.74, 6) is -0.222. The van der Waals surface area contributed by atoms with Crippen molar-refractivity contribution >= 4 is 17.7 Å². The average molecular weight is 366 g/mol. The number of carbonyl (C=O) groups excluding carboxylic acids is 1. The number of likely N-dealkylation sites (N-methyl/N-ethyl adjacent to an activating group) is 1. The number of hydrogen-bond donors (Lipinski definition) is 2. The van der Waals surface area contributed by atoms with Gasteiger partial charge in [-0.05, 0) is 56.6 Å². The van der Waals surface area contributed by atoms with Crippen LogP contribution in [0.3, 0.4) is 0 Å². The maximum Gasteiger partial charge on any atom is 0.273 e. The van der Waals surface area contributed by atoms with E-state index in [9.17, 15) is 4.79 Å². The second-order valence-corrected chi connectivity index (χ2v) is 6.60. The molecular weight excluding hydrogens is 340 g/mol. The Morgan fingerprint density at radius 3 is 2.67 bits per heavy atom. The number of carbonyl (C=O) groups is 1. The normalized spacial score (nSPS) is 15.5. The molecule has 0 aliphatic carbocycles. The highest BCUT2D eigenvalue weighted by molar-refractivity contribution is 6.32. The molecule has 27 heavy (non-hydrogen) atoms. The summed E-state index contributed by atoms with van der Waals surface area (Å²) < 4.78 is 0. The van der Waals surface area contributed by atoms with Crippen molar-refractivity contribution in [2.45, 2.75) is 34.1 Å². The fourth-order valence-electron chi connectivity index (χ4n) is 3.38. The van der Waals surface area contributed by atoms with Crippen LogP contribution < -0.4 is 5.43 Å². The van der Waals surface area contributed by atoms with Crippen LogP contribution in [0.15, 0.2) is 29.3 Å². The first-order chi connectivity index (χ1) is 13.0. The van der Waals surface area contributed by atoms with Crippen molar-refractivity contribution in [3.05, 3.63) is 52.4 Å². The van der Waals surface area contributed by atoms with E-state index >= 15 is 0 Å². The van der Waals surface area contributed by atoms with E-state index in [-0.39, 0.29) is 5.91 Å². The Labute approximate surface area is 159 Å². The molecule has 0 unspecified atom stereocenters. The van der Waals surface area contributed by atoms with Gasteiger partial charge in [-0.15, -0.1) is 0 Å². The number of rotatable bonds is 7. The zero-order valence-corrected chi connectivity index (χ0v) is 16.3. The highest BCUT2D eigenvalue weighted by Gasteiger charge is 2.25. The van der Waals surface area contributed by atoms with Gasteiger partial charge < -0.3 is 9.88 Å². The fourth-order valence-corrected chi connectivity index (χ4v) is 3.38. The van der Waals surface area contributed by atoms with Crippen molar-refractivity contribution in [3.8, 4) is 0 Å². The van der Waals surface area contributed by atoms with Crippen molar-refractivity contribution < 1.29 is 4.79 Å². The predicted molar refractivity (Wildman–Crippen MR) is 106 cm³/mol. The molecule has 7 heteroatoms. The highest BCUT2D eigenvalue weighted by Crippen LogP contribution is 2.23. The van der Waals surface area contributed by atoms with E-state index in [1.165, 1.54) is 17.5 Å². The first-order valence-corrected chi connectivity index (χ1v) is 9.32. The van der Waals surface area contributed by atoms with E-state index in [1.807, 2.05) is 6.08 Å². The molecule has 0 radical (unpaired) electrons. The topological polar surface area (TPSA) is 86.3 Å². The van der Waals surface area contributed by atoms with Gasteiger partial charge in [-0.2, -0.15) is 5.10 Å². The molecule has 2 N–H and O–H groups in total. The number of aromatic nitrogens is 3. The molecule has 1 aliphatic heterocycles. The zero-order valence-electron chi connectivity index (χ0n) is 16.3. The van der Waals surface area contributed by atoms with E-state index in [0.29, 0.717) is 17.0 Å². The molecule has 0 saturated heterocycles. The maximum absolute atomic E-state index is 12.3. The number of nitrogens with one attached hydrogen (secondary N) is 2. The average Bonchev–Trinajstić information content (AvgIpc) is 3.17. The largest absolute Gasteiger partial charge is 0.359 e. The molecule has 3 rings (SSSR count). The van der Waals surface area contributed by atoms with Gasteiger partial charge in [-0.3, -0.25) is 4.79 Å².